The maximum absolute atomic E-state index is 11.7. The summed E-state index contributed by atoms with van der Waals surface area (Å²) in [7, 11) is 0. The number of ether oxygens (including phenoxy) is 1. The molecule has 0 bridgehead atoms. The average Bonchev–Trinajstić information content (AvgIpc) is 2.42. The lowest BCUT2D eigenvalue weighted by molar-refractivity contribution is 0.0409. The molecular formula is C15H22O3. The minimum Gasteiger partial charge on any atom is -0.462 e. The van der Waals surface area contributed by atoms with Gasteiger partial charge < -0.3 is 9.84 Å². The van der Waals surface area contributed by atoms with E-state index in [4.69, 9.17) is 9.84 Å². The molecule has 1 unspecified atom stereocenters. The summed E-state index contributed by atoms with van der Waals surface area (Å²) in [5, 5.41) is 8.98. The minimum atomic E-state index is -0.282. The third-order valence-electron chi connectivity index (χ3n) is 2.96. The molecule has 1 atom stereocenters. The molecule has 0 aromatic heterocycles. The molecule has 0 amide bonds. The van der Waals surface area contributed by atoms with Crippen LogP contribution in [0, 0.1) is 5.92 Å². The largest absolute Gasteiger partial charge is 0.462 e. The molecule has 18 heavy (non-hydrogen) atoms. The van der Waals surface area contributed by atoms with Crippen molar-refractivity contribution in [2.24, 2.45) is 5.92 Å². The Morgan fingerprint density at radius 1 is 1.28 bits per heavy atom. The molecule has 1 aromatic rings. The van der Waals surface area contributed by atoms with E-state index in [1.165, 1.54) is 0 Å². The summed E-state index contributed by atoms with van der Waals surface area (Å²) in [4.78, 5) is 11.7. The van der Waals surface area contributed by atoms with E-state index >= 15 is 0 Å². The predicted molar refractivity (Wildman–Crippen MR) is 71.4 cm³/mol. The van der Waals surface area contributed by atoms with E-state index in [-0.39, 0.29) is 18.5 Å². The first kappa shape index (κ1) is 14.7. The summed E-state index contributed by atoms with van der Waals surface area (Å²) in [6.07, 6.45) is 3.92. The summed E-state index contributed by atoms with van der Waals surface area (Å²) < 4.78 is 5.29. The molecule has 100 valence electrons. The van der Waals surface area contributed by atoms with E-state index in [9.17, 15) is 4.79 Å². The van der Waals surface area contributed by atoms with E-state index in [0.29, 0.717) is 18.6 Å². The van der Waals surface area contributed by atoms with Crippen LogP contribution in [0.4, 0.5) is 0 Å². The van der Waals surface area contributed by atoms with Crippen LogP contribution in [0.2, 0.25) is 0 Å². The van der Waals surface area contributed by atoms with Crippen LogP contribution < -0.4 is 0 Å². The maximum Gasteiger partial charge on any atom is 0.338 e. The zero-order valence-electron chi connectivity index (χ0n) is 11.0. The van der Waals surface area contributed by atoms with Crippen molar-refractivity contribution in [2.75, 3.05) is 13.2 Å². The number of hydrogen-bond acceptors (Lipinski definition) is 3. The van der Waals surface area contributed by atoms with E-state index in [1.807, 2.05) is 18.2 Å². The Kier molecular flexibility index (Phi) is 7.11. The Hall–Kier alpha value is -1.35. The second-order valence-electron chi connectivity index (χ2n) is 4.49. The molecule has 0 saturated heterocycles. The summed E-state index contributed by atoms with van der Waals surface area (Å²) in [6, 6.07) is 9.00. The van der Waals surface area contributed by atoms with Crippen molar-refractivity contribution in [3.63, 3.8) is 0 Å². The maximum atomic E-state index is 11.7. The van der Waals surface area contributed by atoms with Crippen LogP contribution in [0.15, 0.2) is 30.3 Å². The summed E-state index contributed by atoms with van der Waals surface area (Å²) in [5.41, 5.74) is 0.579. The van der Waals surface area contributed by atoms with Crippen molar-refractivity contribution in [2.45, 2.75) is 32.6 Å². The molecule has 3 nitrogen and oxygen atoms in total. The van der Waals surface area contributed by atoms with Crippen LogP contribution in [-0.2, 0) is 4.74 Å². The van der Waals surface area contributed by atoms with Gasteiger partial charge in [0.2, 0.25) is 0 Å². The van der Waals surface area contributed by atoms with Gasteiger partial charge in [-0.25, -0.2) is 4.79 Å². The number of carbonyl (C=O) groups is 1. The smallest absolute Gasteiger partial charge is 0.338 e. The quantitative estimate of drug-likeness (QED) is 0.721. The van der Waals surface area contributed by atoms with Gasteiger partial charge in [0.1, 0.15) is 0 Å². The van der Waals surface area contributed by atoms with E-state index in [0.717, 1.165) is 19.3 Å². The number of aliphatic hydroxyl groups excluding tert-OH is 1. The van der Waals surface area contributed by atoms with E-state index in [2.05, 4.69) is 6.92 Å². The van der Waals surface area contributed by atoms with Crippen molar-refractivity contribution in [1.82, 2.24) is 0 Å². The molecule has 1 aromatic carbocycles. The Balaban J connectivity index is 2.39. The molecule has 0 aliphatic heterocycles. The standard InChI is InChI=1S/C15H22O3/c1-2-3-7-13(10-11-16)12-18-15(17)14-8-5-4-6-9-14/h4-6,8-9,13,16H,2-3,7,10-12H2,1H3. The average molecular weight is 250 g/mol. The lowest BCUT2D eigenvalue weighted by Gasteiger charge is -2.15. The Bertz CT molecular complexity index is 335. The Morgan fingerprint density at radius 3 is 2.61 bits per heavy atom. The number of hydrogen-bond donors (Lipinski definition) is 1. The molecule has 1 N–H and O–H groups in total. The van der Waals surface area contributed by atoms with Crippen LogP contribution in [0.5, 0.6) is 0 Å². The third-order valence-corrected chi connectivity index (χ3v) is 2.96. The second kappa shape index (κ2) is 8.70. The van der Waals surface area contributed by atoms with Gasteiger partial charge in [0.25, 0.3) is 0 Å². The van der Waals surface area contributed by atoms with Crippen LogP contribution in [0.3, 0.4) is 0 Å². The van der Waals surface area contributed by atoms with Crippen LogP contribution in [-0.4, -0.2) is 24.3 Å². The van der Waals surface area contributed by atoms with Gasteiger partial charge in [-0.2, -0.15) is 0 Å². The molecule has 0 aliphatic rings. The number of aliphatic hydroxyl groups is 1. The Morgan fingerprint density at radius 2 is 2.00 bits per heavy atom. The molecule has 0 saturated carbocycles. The summed E-state index contributed by atoms with van der Waals surface area (Å²) >= 11 is 0. The van der Waals surface area contributed by atoms with E-state index < -0.39 is 0 Å². The van der Waals surface area contributed by atoms with Crippen molar-refractivity contribution < 1.29 is 14.6 Å². The third kappa shape index (κ3) is 5.32. The molecule has 3 heteroatoms. The highest BCUT2D eigenvalue weighted by Crippen LogP contribution is 2.14. The number of carbonyl (C=O) groups excluding carboxylic acids is 1. The van der Waals surface area contributed by atoms with Gasteiger partial charge in [-0.05, 0) is 30.9 Å². The van der Waals surface area contributed by atoms with Gasteiger partial charge in [-0.1, -0.05) is 38.0 Å². The van der Waals surface area contributed by atoms with Gasteiger partial charge in [0.05, 0.1) is 12.2 Å². The minimum absolute atomic E-state index is 0.150. The molecule has 0 radical (unpaired) electrons. The molecule has 1 rings (SSSR count). The van der Waals surface area contributed by atoms with Gasteiger partial charge in [-0.15, -0.1) is 0 Å². The van der Waals surface area contributed by atoms with Gasteiger partial charge in [-0.3, -0.25) is 0 Å². The lowest BCUT2D eigenvalue weighted by atomic mass is 10.00. The normalized spacial score (nSPS) is 12.1. The van der Waals surface area contributed by atoms with Crippen molar-refractivity contribution in [1.29, 1.82) is 0 Å². The topological polar surface area (TPSA) is 46.5 Å². The van der Waals surface area contributed by atoms with Gasteiger partial charge >= 0.3 is 5.97 Å². The summed E-state index contributed by atoms with van der Waals surface area (Å²) in [5.74, 6) is -0.0161. The molecule has 0 fully saturated rings. The van der Waals surface area contributed by atoms with Gasteiger partial charge in [0.15, 0.2) is 0 Å². The predicted octanol–water partition coefficient (Wildman–Crippen LogP) is 3.03. The van der Waals surface area contributed by atoms with Crippen LogP contribution >= 0.6 is 0 Å². The van der Waals surface area contributed by atoms with Crippen LogP contribution in [0.1, 0.15) is 43.0 Å². The highest BCUT2D eigenvalue weighted by molar-refractivity contribution is 5.89. The second-order valence-corrected chi connectivity index (χ2v) is 4.49. The zero-order chi connectivity index (χ0) is 13.2. The summed E-state index contributed by atoms with van der Waals surface area (Å²) in [6.45, 7) is 2.68. The zero-order valence-corrected chi connectivity index (χ0v) is 11.0. The number of esters is 1. The first-order valence-corrected chi connectivity index (χ1v) is 6.61. The first-order chi connectivity index (χ1) is 8.77. The Labute approximate surface area is 109 Å². The number of rotatable bonds is 8. The molecular weight excluding hydrogens is 228 g/mol. The fourth-order valence-corrected chi connectivity index (χ4v) is 1.84. The fourth-order valence-electron chi connectivity index (χ4n) is 1.84. The monoisotopic (exact) mass is 250 g/mol. The first-order valence-electron chi connectivity index (χ1n) is 6.61. The van der Waals surface area contributed by atoms with E-state index in [1.54, 1.807) is 12.1 Å². The van der Waals surface area contributed by atoms with Crippen LogP contribution in [0.25, 0.3) is 0 Å². The molecule has 0 heterocycles. The highest BCUT2D eigenvalue weighted by Gasteiger charge is 2.12. The lowest BCUT2D eigenvalue weighted by Crippen LogP contribution is -2.15. The fraction of sp³-hybridized carbons (Fsp3) is 0.533. The van der Waals surface area contributed by atoms with Crippen molar-refractivity contribution in [3.05, 3.63) is 35.9 Å². The molecule has 0 aliphatic carbocycles. The van der Waals surface area contributed by atoms with Crippen molar-refractivity contribution in [3.8, 4) is 0 Å². The van der Waals surface area contributed by atoms with Gasteiger partial charge in [0, 0.05) is 6.61 Å². The number of benzene rings is 1. The van der Waals surface area contributed by atoms with Crippen molar-refractivity contribution >= 4 is 5.97 Å². The SMILES string of the molecule is CCCCC(CCO)COC(=O)c1ccccc1. The number of unbranched alkanes of at least 4 members (excludes halogenated alkanes) is 1. The highest BCUT2D eigenvalue weighted by atomic mass is 16.5. The molecule has 0 spiro atoms.